The Morgan fingerprint density at radius 2 is 2.27 bits per heavy atom. The summed E-state index contributed by atoms with van der Waals surface area (Å²) in [6.07, 6.45) is 1.56. The summed E-state index contributed by atoms with van der Waals surface area (Å²) in [7, 11) is 1.65. The van der Waals surface area contributed by atoms with E-state index in [0.717, 1.165) is 6.42 Å². The summed E-state index contributed by atoms with van der Waals surface area (Å²) >= 11 is 0. The molecule has 0 aromatic carbocycles. The minimum absolute atomic E-state index is 0.210. The van der Waals surface area contributed by atoms with Crippen molar-refractivity contribution in [2.45, 2.75) is 32.1 Å². The Balaban J connectivity index is 2.74. The van der Waals surface area contributed by atoms with Gasteiger partial charge in [-0.15, -0.1) is 0 Å². The maximum absolute atomic E-state index is 5.71. The Hall–Kier alpha value is -0.940. The molecule has 1 unspecified atom stereocenters. The number of methoxy groups -OCH3 is 1. The molecular weight excluding hydrogens is 194 g/mol. The predicted octanol–water partition coefficient (Wildman–Crippen LogP) is 0.885. The molecule has 1 aromatic heterocycles. The number of nitrogens with zero attached hydrogens (tertiary/aromatic N) is 2. The maximum Gasteiger partial charge on any atom is 0.233 e. The first-order valence-corrected chi connectivity index (χ1v) is 5.18. The Bertz CT molecular complexity index is 295. The van der Waals surface area contributed by atoms with Gasteiger partial charge in [0.25, 0.3) is 0 Å². The highest BCUT2D eigenvalue weighted by Crippen LogP contribution is 2.24. The van der Waals surface area contributed by atoms with E-state index < -0.39 is 0 Å². The van der Waals surface area contributed by atoms with Crippen molar-refractivity contribution in [2.24, 2.45) is 5.73 Å². The normalized spacial score (nSPS) is 15.2. The first-order chi connectivity index (χ1) is 7.16. The minimum Gasteiger partial charge on any atom is -0.384 e. The number of nitrogens with two attached hydrogens (primary N) is 1. The van der Waals surface area contributed by atoms with E-state index in [4.69, 9.17) is 15.0 Å². The van der Waals surface area contributed by atoms with E-state index >= 15 is 0 Å². The fraction of sp³-hybridized carbons (Fsp3) is 0.800. The van der Waals surface area contributed by atoms with Crippen LogP contribution >= 0.6 is 0 Å². The van der Waals surface area contributed by atoms with Crippen LogP contribution in [0.25, 0.3) is 0 Å². The molecule has 2 N–H and O–H groups in total. The van der Waals surface area contributed by atoms with Gasteiger partial charge in [-0.1, -0.05) is 12.1 Å². The van der Waals surface area contributed by atoms with Gasteiger partial charge in [-0.25, -0.2) is 0 Å². The highest BCUT2D eigenvalue weighted by atomic mass is 16.5. The Kier molecular flexibility index (Phi) is 4.23. The van der Waals surface area contributed by atoms with Gasteiger partial charge in [0, 0.05) is 20.1 Å². The molecule has 0 radical (unpaired) electrons. The predicted molar refractivity (Wildman–Crippen MR) is 56.6 cm³/mol. The molecular formula is C10H19N3O2. The third-order valence-electron chi connectivity index (χ3n) is 2.75. The van der Waals surface area contributed by atoms with Gasteiger partial charge >= 0.3 is 0 Å². The lowest BCUT2D eigenvalue weighted by Crippen LogP contribution is -2.31. The molecule has 1 aromatic rings. The van der Waals surface area contributed by atoms with Gasteiger partial charge in [0.2, 0.25) is 5.89 Å². The van der Waals surface area contributed by atoms with Gasteiger partial charge < -0.3 is 15.0 Å². The van der Waals surface area contributed by atoms with Gasteiger partial charge in [0.15, 0.2) is 5.82 Å². The number of hydrogen-bond acceptors (Lipinski definition) is 5. The lowest BCUT2D eigenvalue weighted by atomic mass is 9.88. The average Bonchev–Trinajstić information content (AvgIpc) is 2.74. The van der Waals surface area contributed by atoms with Crippen molar-refractivity contribution < 1.29 is 9.26 Å². The standard InChI is InChI=1S/C10H19N3O2/c1-4-10(2,7-11)9-12-8(13-15-9)5-6-14-3/h4-7,11H2,1-3H3. The number of ether oxygens (including phenoxy) is 1. The van der Waals surface area contributed by atoms with Crippen LogP contribution in [0.2, 0.25) is 0 Å². The molecule has 1 rings (SSSR count). The topological polar surface area (TPSA) is 74.2 Å². The molecule has 1 heterocycles. The van der Waals surface area contributed by atoms with E-state index in [1.54, 1.807) is 7.11 Å². The second kappa shape index (κ2) is 5.23. The van der Waals surface area contributed by atoms with Gasteiger partial charge in [0.05, 0.1) is 12.0 Å². The first-order valence-electron chi connectivity index (χ1n) is 5.18. The number of aromatic nitrogens is 2. The van der Waals surface area contributed by atoms with Crippen LogP contribution in [0, 0.1) is 0 Å². The van der Waals surface area contributed by atoms with Crippen molar-refractivity contribution >= 4 is 0 Å². The van der Waals surface area contributed by atoms with Gasteiger partial charge in [0.1, 0.15) is 0 Å². The van der Waals surface area contributed by atoms with Crippen molar-refractivity contribution in [1.82, 2.24) is 10.1 Å². The maximum atomic E-state index is 5.71. The summed E-state index contributed by atoms with van der Waals surface area (Å²) in [4.78, 5) is 4.32. The van der Waals surface area contributed by atoms with Gasteiger partial charge in [-0.05, 0) is 13.3 Å². The molecule has 0 amide bonds. The van der Waals surface area contributed by atoms with Crippen LogP contribution in [0.1, 0.15) is 32.0 Å². The molecule has 0 saturated heterocycles. The molecule has 0 spiro atoms. The third kappa shape index (κ3) is 2.76. The van der Waals surface area contributed by atoms with E-state index in [0.29, 0.717) is 31.3 Å². The highest BCUT2D eigenvalue weighted by molar-refractivity contribution is 5.03. The summed E-state index contributed by atoms with van der Waals surface area (Å²) in [6.45, 7) is 5.20. The second-order valence-electron chi connectivity index (χ2n) is 3.88. The fourth-order valence-corrected chi connectivity index (χ4v) is 1.18. The molecule has 0 aliphatic heterocycles. The van der Waals surface area contributed by atoms with Gasteiger partial charge in [-0.2, -0.15) is 4.98 Å². The molecule has 15 heavy (non-hydrogen) atoms. The van der Waals surface area contributed by atoms with E-state index in [-0.39, 0.29) is 5.41 Å². The van der Waals surface area contributed by atoms with Crippen LogP contribution in [0.4, 0.5) is 0 Å². The monoisotopic (exact) mass is 213 g/mol. The molecule has 0 fully saturated rings. The smallest absolute Gasteiger partial charge is 0.233 e. The molecule has 5 heteroatoms. The quantitative estimate of drug-likeness (QED) is 0.759. The Labute approximate surface area is 90.0 Å². The molecule has 1 atom stereocenters. The number of rotatable bonds is 6. The SMILES string of the molecule is CCC(C)(CN)c1nc(CCOC)no1. The van der Waals surface area contributed by atoms with E-state index in [9.17, 15) is 0 Å². The lowest BCUT2D eigenvalue weighted by Gasteiger charge is -2.20. The van der Waals surface area contributed by atoms with Gasteiger partial charge in [-0.3, -0.25) is 0 Å². The van der Waals surface area contributed by atoms with Crippen molar-refractivity contribution in [3.05, 3.63) is 11.7 Å². The van der Waals surface area contributed by atoms with E-state index in [1.807, 2.05) is 6.92 Å². The van der Waals surface area contributed by atoms with Crippen LogP contribution in [0.15, 0.2) is 4.52 Å². The third-order valence-corrected chi connectivity index (χ3v) is 2.75. The van der Waals surface area contributed by atoms with E-state index in [1.165, 1.54) is 0 Å². The summed E-state index contributed by atoms with van der Waals surface area (Å²) in [6, 6.07) is 0. The largest absolute Gasteiger partial charge is 0.384 e. The zero-order valence-corrected chi connectivity index (χ0v) is 9.62. The average molecular weight is 213 g/mol. The van der Waals surface area contributed by atoms with Crippen LogP contribution in [-0.2, 0) is 16.6 Å². The van der Waals surface area contributed by atoms with E-state index in [2.05, 4.69) is 17.1 Å². The van der Waals surface area contributed by atoms with Crippen molar-refractivity contribution in [2.75, 3.05) is 20.3 Å². The molecule has 0 aliphatic rings. The Morgan fingerprint density at radius 1 is 1.53 bits per heavy atom. The summed E-state index contributed by atoms with van der Waals surface area (Å²) < 4.78 is 10.2. The molecule has 0 bridgehead atoms. The first kappa shape index (κ1) is 12.1. The van der Waals surface area contributed by atoms with Crippen LogP contribution in [0.3, 0.4) is 0 Å². The van der Waals surface area contributed by atoms with Crippen molar-refractivity contribution in [1.29, 1.82) is 0 Å². The molecule has 0 aliphatic carbocycles. The lowest BCUT2D eigenvalue weighted by molar-refractivity contribution is 0.199. The zero-order valence-electron chi connectivity index (χ0n) is 9.62. The fourth-order valence-electron chi connectivity index (χ4n) is 1.18. The van der Waals surface area contributed by atoms with Crippen LogP contribution in [-0.4, -0.2) is 30.4 Å². The summed E-state index contributed by atoms with van der Waals surface area (Å²) in [5.74, 6) is 1.30. The highest BCUT2D eigenvalue weighted by Gasteiger charge is 2.29. The van der Waals surface area contributed by atoms with Crippen LogP contribution in [0.5, 0.6) is 0 Å². The molecule has 86 valence electrons. The minimum atomic E-state index is -0.210. The molecule has 5 nitrogen and oxygen atoms in total. The van der Waals surface area contributed by atoms with Crippen LogP contribution < -0.4 is 5.73 Å². The second-order valence-corrected chi connectivity index (χ2v) is 3.88. The summed E-state index contributed by atoms with van der Waals surface area (Å²) in [5, 5.41) is 3.89. The summed E-state index contributed by atoms with van der Waals surface area (Å²) in [5.41, 5.74) is 5.50. The van der Waals surface area contributed by atoms with Crippen molar-refractivity contribution in [3.63, 3.8) is 0 Å². The zero-order chi connectivity index (χ0) is 11.3. The van der Waals surface area contributed by atoms with Crippen molar-refractivity contribution in [3.8, 4) is 0 Å². The Morgan fingerprint density at radius 3 is 2.80 bits per heavy atom. The molecule has 0 saturated carbocycles. The number of hydrogen-bond donors (Lipinski definition) is 1.